The van der Waals surface area contributed by atoms with Crippen LogP contribution in [0.2, 0.25) is 0 Å². The molecule has 1 aromatic heterocycles. The number of ether oxygens (including phenoxy) is 1. The van der Waals surface area contributed by atoms with E-state index in [0.29, 0.717) is 23.6 Å². The molecule has 0 aliphatic rings. The minimum absolute atomic E-state index is 0.134. The van der Waals surface area contributed by atoms with Crippen LogP contribution in [0.1, 0.15) is 23.0 Å². The van der Waals surface area contributed by atoms with Gasteiger partial charge in [0.05, 0.1) is 24.5 Å². The number of rotatable bonds is 8. The van der Waals surface area contributed by atoms with Crippen molar-refractivity contribution in [3.05, 3.63) is 40.9 Å². The Balaban J connectivity index is 1.81. The van der Waals surface area contributed by atoms with Gasteiger partial charge in [-0.25, -0.2) is 4.98 Å². The van der Waals surface area contributed by atoms with Gasteiger partial charge in [0, 0.05) is 23.7 Å². The molecular formula is C17H19N3O4S2. The molecule has 2 amide bonds. The molecule has 26 heavy (non-hydrogen) atoms. The van der Waals surface area contributed by atoms with E-state index in [1.165, 1.54) is 23.1 Å². The zero-order valence-corrected chi connectivity index (χ0v) is 16.0. The molecule has 0 atom stereocenters. The molecule has 0 spiro atoms. The number of anilines is 1. The second-order valence-corrected chi connectivity index (χ2v) is 7.16. The standard InChI is InChI=1S/C17H19N3O4S2/c1-3-24-15(22)8-13-9-25-17(20-13)26-10-14(21)19-12-6-4-11(5-7-12)16(23)18-2/h4-7,9H,3,8,10H2,1-2H3,(H,18,23)(H,19,21). The van der Waals surface area contributed by atoms with E-state index in [1.54, 1.807) is 43.6 Å². The number of nitrogens with zero attached hydrogens (tertiary/aromatic N) is 1. The van der Waals surface area contributed by atoms with Gasteiger partial charge in [0.25, 0.3) is 5.91 Å². The van der Waals surface area contributed by atoms with Crippen LogP contribution >= 0.6 is 23.1 Å². The number of aromatic nitrogens is 1. The predicted octanol–water partition coefficient (Wildman–Crippen LogP) is 2.34. The first kappa shape index (κ1) is 19.9. The molecule has 0 saturated heterocycles. The number of nitrogens with one attached hydrogen (secondary N) is 2. The van der Waals surface area contributed by atoms with Crippen molar-refractivity contribution in [2.75, 3.05) is 24.7 Å². The van der Waals surface area contributed by atoms with Gasteiger partial charge >= 0.3 is 5.97 Å². The lowest BCUT2D eigenvalue weighted by Gasteiger charge is -2.05. The van der Waals surface area contributed by atoms with E-state index in [-0.39, 0.29) is 30.0 Å². The van der Waals surface area contributed by atoms with Gasteiger partial charge in [-0.15, -0.1) is 11.3 Å². The lowest BCUT2D eigenvalue weighted by molar-refractivity contribution is -0.142. The third-order valence-electron chi connectivity index (χ3n) is 3.15. The molecule has 0 aliphatic heterocycles. The van der Waals surface area contributed by atoms with Gasteiger partial charge in [-0.3, -0.25) is 14.4 Å². The SMILES string of the molecule is CCOC(=O)Cc1csc(SCC(=O)Nc2ccc(C(=O)NC)cc2)n1. The normalized spacial score (nSPS) is 10.2. The molecule has 2 aromatic rings. The van der Waals surface area contributed by atoms with E-state index in [0.717, 1.165) is 4.34 Å². The number of esters is 1. The number of hydrogen-bond acceptors (Lipinski definition) is 7. The maximum Gasteiger partial charge on any atom is 0.311 e. The Morgan fingerprint density at radius 1 is 1.23 bits per heavy atom. The molecule has 9 heteroatoms. The highest BCUT2D eigenvalue weighted by molar-refractivity contribution is 8.01. The van der Waals surface area contributed by atoms with Crippen molar-refractivity contribution in [1.29, 1.82) is 0 Å². The van der Waals surface area contributed by atoms with E-state index in [2.05, 4.69) is 15.6 Å². The number of carbonyl (C=O) groups is 3. The zero-order chi connectivity index (χ0) is 18.9. The third kappa shape index (κ3) is 6.16. The minimum Gasteiger partial charge on any atom is -0.466 e. The highest BCUT2D eigenvalue weighted by Gasteiger charge is 2.11. The van der Waals surface area contributed by atoms with E-state index < -0.39 is 0 Å². The second kappa shape index (κ2) is 9.93. The summed E-state index contributed by atoms with van der Waals surface area (Å²) in [5, 5.41) is 7.09. The fourth-order valence-corrected chi connectivity index (χ4v) is 3.61. The molecule has 0 saturated carbocycles. The maximum atomic E-state index is 12.0. The molecule has 0 bridgehead atoms. The number of carbonyl (C=O) groups excluding carboxylic acids is 3. The van der Waals surface area contributed by atoms with E-state index in [1.807, 2.05) is 0 Å². The van der Waals surface area contributed by atoms with Gasteiger partial charge in [0.15, 0.2) is 4.34 Å². The van der Waals surface area contributed by atoms with Crippen molar-refractivity contribution < 1.29 is 19.1 Å². The summed E-state index contributed by atoms with van der Waals surface area (Å²) in [6.07, 6.45) is 0.134. The summed E-state index contributed by atoms with van der Waals surface area (Å²) in [6.45, 7) is 2.10. The average Bonchev–Trinajstić information content (AvgIpc) is 3.07. The number of amides is 2. The molecule has 0 aliphatic carbocycles. The van der Waals surface area contributed by atoms with Gasteiger partial charge in [-0.1, -0.05) is 11.8 Å². The van der Waals surface area contributed by atoms with Crippen LogP contribution in [0.3, 0.4) is 0 Å². The third-order valence-corrected chi connectivity index (χ3v) is 5.22. The number of benzene rings is 1. The molecular weight excluding hydrogens is 374 g/mol. The van der Waals surface area contributed by atoms with Crippen molar-refractivity contribution in [3.63, 3.8) is 0 Å². The molecule has 1 heterocycles. The Morgan fingerprint density at radius 2 is 1.96 bits per heavy atom. The topological polar surface area (TPSA) is 97.4 Å². The summed E-state index contributed by atoms with van der Waals surface area (Å²) >= 11 is 2.69. The molecule has 0 radical (unpaired) electrons. The number of thiazole rings is 1. The lowest BCUT2D eigenvalue weighted by atomic mass is 10.2. The Labute approximate surface area is 159 Å². The van der Waals surface area contributed by atoms with Crippen molar-refractivity contribution in [2.24, 2.45) is 0 Å². The largest absolute Gasteiger partial charge is 0.466 e. The summed E-state index contributed by atoms with van der Waals surface area (Å²) in [6, 6.07) is 6.64. The molecule has 0 unspecified atom stereocenters. The first-order valence-corrected chi connectivity index (χ1v) is 9.73. The Hall–Kier alpha value is -2.39. The maximum absolute atomic E-state index is 12.0. The first-order chi connectivity index (χ1) is 12.5. The summed E-state index contributed by atoms with van der Waals surface area (Å²) < 4.78 is 5.60. The molecule has 2 rings (SSSR count). The van der Waals surface area contributed by atoms with Crippen molar-refractivity contribution in [1.82, 2.24) is 10.3 Å². The Kier molecular flexibility index (Phi) is 7.61. The fourth-order valence-electron chi connectivity index (χ4n) is 1.97. The molecule has 1 aromatic carbocycles. The Morgan fingerprint density at radius 3 is 2.62 bits per heavy atom. The van der Waals surface area contributed by atoms with Crippen LogP contribution in [0.25, 0.3) is 0 Å². The van der Waals surface area contributed by atoms with Crippen molar-refractivity contribution in [3.8, 4) is 0 Å². The second-order valence-electron chi connectivity index (χ2n) is 5.08. The molecule has 7 nitrogen and oxygen atoms in total. The quantitative estimate of drug-likeness (QED) is 0.528. The van der Waals surface area contributed by atoms with Crippen molar-refractivity contribution in [2.45, 2.75) is 17.7 Å². The smallest absolute Gasteiger partial charge is 0.311 e. The number of hydrogen-bond donors (Lipinski definition) is 2. The van der Waals surface area contributed by atoms with Gasteiger partial charge in [0.1, 0.15) is 0 Å². The first-order valence-electron chi connectivity index (χ1n) is 7.86. The highest BCUT2D eigenvalue weighted by Crippen LogP contribution is 2.23. The summed E-state index contributed by atoms with van der Waals surface area (Å²) in [5.74, 6) is -0.471. The van der Waals surface area contributed by atoms with Crippen LogP contribution in [0, 0.1) is 0 Å². The molecule has 138 valence electrons. The summed E-state index contributed by atoms with van der Waals surface area (Å²) in [5.41, 5.74) is 1.78. The van der Waals surface area contributed by atoms with Crippen LogP contribution in [-0.2, 0) is 20.7 Å². The monoisotopic (exact) mass is 393 g/mol. The van der Waals surface area contributed by atoms with Crippen LogP contribution in [0.5, 0.6) is 0 Å². The van der Waals surface area contributed by atoms with Crippen LogP contribution in [0.15, 0.2) is 34.0 Å². The van der Waals surface area contributed by atoms with Gasteiger partial charge in [-0.2, -0.15) is 0 Å². The fraction of sp³-hybridized carbons (Fsp3) is 0.294. The van der Waals surface area contributed by atoms with E-state index >= 15 is 0 Å². The van der Waals surface area contributed by atoms with Gasteiger partial charge in [0.2, 0.25) is 5.91 Å². The number of thioether (sulfide) groups is 1. The average molecular weight is 393 g/mol. The van der Waals surface area contributed by atoms with Gasteiger partial charge < -0.3 is 15.4 Å². The lowest BCUT2D eigenvalue weighted by Crippen LogP contribution is -2.18. The predicted molar refractivity (Wildman–Crippen MR) is 102 cm³/mol. The highest BCUT2D eigenvalue weighted by atomic mass is 32.2. The molecule has 0 fully saturated rings. The Bertz CT molecular complexity index is 775. The summed E-state index contributed by atoms with van der Waals surface area (Å²) in [4.78, 5) is 39.2. The van der Waals surface area contributed by atoms with E-state index in [4.69, 9.17) is 4.74 Å². The van der Waals surface area contributed by atoms with Crippen LogP contribution in [0.4, 0.5) is 5.69 Å². The van der Waals surface area contributed by atoms with Gasteiger partial charge in [-0.05, 0) is 31.2 Å². The minimum atomic E-state index is -0.313. The van der Waals surface area contributed by atoms with Crippen LogP contribution < -0.4 is 10.6 Å². The van der Waals surface area contributed by atoms with E-state index in [9.17, 15) is 14.4 Å². The van der Waals surface area contributed by atoms with Crippen molar-refractivity contribution >= 4 is 46.6 Å². The van der Waals surface area contributed by atoms with Crippen LogP contribution in [-0.4, -0.2) is 42.2 Å². The summed E-state index contributed by atoms with van der Waals surface area (Å²) in [7, 11) is 1.56. The zero-order valence-electron chi connectivity index (χ0n) is 14.4. The molecule has 2 N–H and O–H groups in total.